The van der Waals surface area contributed by atoms with Gasteiger partial charge in [0.1, 0.15) is 5.82 Å². The second kappa shape index (κ2) is 3.05. The summed E-state index contributed by atoms with van der Waals surface area (Å²) in [6, 6.07) is 0.646. The average Bonchev–Trinajstić information content (AvgIpc) is 2.90. The van der Waals surface area contributed by atoms with Crippen LogP contribution in [0.1, 0.15) is 44.4 Å². The highest BCUT2D eigenvalue weighted by Gasteiger charge is 2.33. The number of nitrogens with zero attached hydrogens (tertiary/aromatic N) is 3. The van der Waals surface area contributed by atoms with E-state index in [1.165, 1.54) is 12.8 Å². The van der Waals surface area contributed by atoms with Crippen molar-refractivity contribution in [2.75, 3.05) is 7.05 Å². The third-order valence-electron chi connectivity index (χ3n) is 2.96. The molecular weight excluding hydrogens is 176 g/mol. The second-order valence-electron chi connectivity index (χ2n) is 4.55. The van der Waals surface area contributed by atoms with Crippen molar-refractivity contribution in [3.8, 4) is 0 Å². The summed E-state index contributed by atoms with van der Waals surface area (Å²) in [5, 5.41) is 11.7. The second-order valence-corrected chi connectivity index (χ2v) is 4.55. The van der Waals surface area contributed by atoms with Crippen molar-refractivity contribution >= 4 is 0 Å². The molecule has 0 unspecified atom stereocenters. The quantitative estimate of drug-likeness (QED) is 0.790. The highest BCUT2D eigenvalue weighted by atomic mass is 15.3. The first-order valence-corrected chi connectivity index (χ1v) is 5.17. The molecule has 0 aliphatic heterocycles. The molecule has 1 fully saturated rings. The number of hydrogen-bond donors (Lipinski definition) is 1. The fourth-order valence-electron chi connectivity index (χ4n) is 1.68. The van der Waals surface area contributed by atoms with Gasteiger partial charge in [0.15, 0.2) is 5.82 Å². The molecule has 0 radical (unpaired) electrons. The third kappa shape index (κ3) is 1.43. The summed E-state index contributed by atoms with van der Waals surface area (Å²) in [4.78, 5) is 0. The van der Waals surface area contributed by atoms with Gasteiger partial charge in [-0.3, -0.25) is 0 Å². The Morgan fingerprint density at radius 3 is 2.50 bits per heavy atom. The highest BCUT2D eigenvalue weighted by molar-refractivity contribution is 5.09. The molecule has 0 bridgehead atoms. The van der Waals surface area contributed by atoms with Crippen molar-refractivity contribution in [1.82, 2.24) is 20.1 Å². The standard InChI is InChI=1S/C10H18N4/c1-7-12-13-9(10(2,3)11-4)14(7)8-5-6-8/h8,11H,5-6H2,1-4H3. The fourth-order valence-corrected chi connectivity index (χ4v) is 1.68. The van der Waals surface area contributed by atoms with Crippen molar-refractivity contribution in [2.24, 2.45) is 0 Å². The predicted octanol–water partition coefficient (Wildman–Crippen LogP) is 1.38. The summed E-state index contributed by atoms with van der Waals surface area (Å²) in [6.07, 6.45) is 2.54. The lowest BCUT2D eigenvalue weighted by molar-refractivity contribution is 0.393. The Balaban J connectivity index is 2.42. The van der Waals surface area contributed by atoms with Crippen LogP contribution >= 0.6 is 0 Å². The van der Waals surface area contributed by atoms with E-state index in [0.717, 1.165) is 11.6 Å². The summed E-state index contributed by atoms with van der Waals surface area (Å²) >= 11 is 0. The van der Waals surface area contributed by atoms with Crippen molar-refractivity contribution in [2.45, 2.75) is 45.2 Å². The first-order chi connectivity index (χ1) is 6.56. The zero-order chi connectivity index (χ0) is 10.3. The van der Waals surface area contributed by atoms with Crippen LogP contribution in [0.2, 0.25) is 0 Å². The van der Waals surface area contributed by atoms with E-state index in [-0.39, 0.29) is 5.54 Å². The van der Waals surface area contributed by atoms with Gasteiger partial charge in [0, 0.05) is 6.04 Å². The lowest BCUT2D eigenvalue weighted by Gasteiger charge is -2.23. The van der Waals surface area contributed by atoms with Crippen LogP contribution in [-0.2, 0) is 5.54 Å². The van der Waals surface area contributed by atoms with Crippen LogP contribution in [-0.4, -0.2) is 21.8 Å². The molecule has 0 aromatic carbocycles. The van der Waals surface area contributed by atoms with Gasteiger partial charge in [0.2, 0.25) is 0 Å². The van der Waals surface area contributed by atoms with Gasteiger partial charge in [0.25, 0.3) is 0 Å². The first-order valence-electron chi connectivity index (χ1n) is 5.17. The molecule has 1 aromatic heterocycles. The maximum absolute atomic E-state index is 4.27. The smallest absolute Gasteiger partial charge is 0.153 e. The van der Waals surface area contributed by atoms with E-state index in [1.54, 1.807) is 0 Å². The molecule has 0 spiro atoms. The van der Waals surface area contributed by atoms with Crippen molar-refractivity contribution in [1.29, 1.82) is 0 Å². The third-order valence-corrected chi connectivity index (χ3v) is 2.96. The van der Waals surface area contributed by atoms with Crippen LogP contribution in [0.15, 0.2) is 0 Å². The van der Waals surface area contributed by atoms with Gasteiger partial charge in [-0.15, -0.1) is 10.2 Å². The van der Waals surface area contributed by atoms with E-state index < -0.39 is 0 Å². The lowest BCUT2D eigenvalue weighted by Crippen LogP contribution is -2.36. The molecule has 1 aromatic rings. The lowest BCUT2D eigenvalue weighted by atomic mass is 10.1. The molecule has 1 heterocycles. The summed E-state index contributed by atoms with van der Waals surface area (Å²) in [6.45, 7) is 6.30. The van der Waals surface area contributed by atoms with E-state index in [2.05, 4.69) is 33.9 Å². The average molecular weight is 194 g/mol. The fraction of sp³-hybridized carbons (Fsp3) is 0.800. The van der Waals surface area contributed by atoms with Crippen LogP contribution in [0, 0.1) is 6.92 Å². The number of aromatic nitrogens is 3. The number of aryl methyl sites for hydroxylation is 1. The maximum Gasteiger partial charge on any atom is 0.153 e. The summed E-state index contributed by atoms with van der Waals surface area (Å²) < 4.78 is 2.27. The van der Waals surface area contributed by atoms with E-state index in [9.17, 15) is 0 Å². The Kier molecular flexibility index (Phi) is 2.10. The Hall–Kier alpha value is -0.900. The molecule has 0 saturated heterocycles. The summed E-state index contributed by atoms with van der Waals surface area (Å²) in [7, 11) is 1.96. The SMILES string of the molecule is CNC(C)(C)c1nnc(C)n1C1CC1. The molecule has 4 nitrogen and oxygen atoms in total. The zero-order valence-corrected chi connectivity index (χ0v) is 9.33. The molecule has 1 saturated carbocycles. The van der Waals surface area contributed by atoms with E-state index in [1.807, 2.05) is 14.0 Å². The van der Waals surface area contributed by atoms with Crippen LogP contribution in [0.3, 0.4) is 0 Å². The molecule has 78 valence electrons. The molecule has 4 heteroatoms. The Labute approximate surface area is 84.7 Å². The molecule has 1 N–H and O–H groups in total. The molecule has 2 rings (SSSR count). The van der Waals surface area contributed by atoms with Gasteiger partial charge in [-0.1, -0.05) is 0 Å². The van der Waals surface area contributed by atoms with Crippen LogP contribution in [0.25, 0.3) is 0 Å². The van der Waals surface area contributed by atoms with Gasteiger partial charge in [0.05, 0.1) is 5.54 Å². The van der Waals surface area contributed by atoms with Crippen LogP contribution in [0.4, 0.5) is 0 Å². The molecule has 1 aliphatic carbocycles. The normalized spacial score (nSPS) is 17.4. The van der Waals surface area contributed by atoms with Crippen molar-refractivity contribution < 1.29 is 0 Å². The zero-order valence-electron chi connectivity index (χ0n) is 9.33. The minimum absolute atomic E-state index is 0.0934. The Morgan fingerprint density at radius 1 is 1.36 bits per heavy atom. The van der Waals surface area contributed by atoms with Gasteiger partial charge in [-0.25, -0.2) is 0 Å². The van der Waals surface area contributed by atoms with Gasteiger partial charge in [-0.05, 0) is 40.7 Å². The van der Waals surface area contributed by atoms with Gasteiger partial charge < -0.3 is 9.88 Å². The van der Waals surface area contributed by atoms with E-state index in [0.29, 0.717) is 6.04 Å². The summed E-state index contributed by atoms with van der Waals surface area (Å²) in [5.74, 6) is 2.09. The van der Waals surface area contributed by atoms with Crippen molar-refractivity contribution in [3.63, 3.8) is 0 Å². The summed E-state index contributed by atoms with van der Waals surface area (Å²) in [5.41, 5.74) is -0.0934. The largest absolute Gasteiger partial charge is 0.311 e. The van der Waals surface area contributed by atoms with E-state index >= 15 is 0 Å². The minimum Gasteiger partial charge on any atom is -0.311 e. The highest BCUT2D eigenvalue weighted by Crippen LogP contribution is 2.38. The molecule has 0 atom stereocenters. The molecule has 1 aliphatic rings. The minimum atomic E-state index is -0.0934. The number of hydrogen-bond acceptors (Lipinski definition) is 3. The van der Waals surface area contributed by atoms with Gasteiger partial charge in [-0.2, -0.15) is 0 Å². The van der Waals surface area contributed by atoms with Crippen LogP contribution in [0.5, 0.6) is 0 Å². The monoisotopic (exact) mass is 194 g/mol. The molecule has 0 amide bonds. The topological polar surface area (TPSA) is 42.7 Å². The molecule has 14 heavy (non-hydrogen) atoms. The van der Waals surface area contributed by atoms with Crippen molar-refractivity contribution in [3.05, 3.63) is 11.6 Å². The predicted molar refractivity (Wildman–Crippen MR) is 55.1 cm³/mol. The Morgan fingerprint density at radius 2 is 2.00 bits per heavy atom. The van der Waals surface area contributed by atoms with Crippen LogP contribution < -0.4 is 5.32 Å². The number of nitrogens with one attached hydrogen (secondary N) is 1. The number of rotatable bonds is 3. The Bertz CT molecular complexity index is 336. The van der Waals surface area contributed by atoms with E-state index in [4.69, 9.17) is 0 Å². The molecular formula is C10H18N4. The van der Waals surface area contributed by atoms with Gasteiger partial charge >= 0.3 is 0 Å². The maximum atomic E-state index is 4.27. The first kappa shape index (κ1) is 9.65.